The Balaban J connectivity index is 1.54. The Morgan fingerprint density at radius 2 is 1.60 bits per heavy atom. The molecule has 0 aliphatic carbocycles. The van der Waals surface area contributed by atoms with E-state index in [2.05, 4.69) is 16.0 Å². The van der Waals surface area contributed by atoms with Crippen LogP contribution in [0, 0.1) is 13.8 Å². The topological polar surface area (TPSA) is 154 Å². The van der Waals surface area contributed by atoms with Gasteiger partial charge in [-0.3, -0.25) is 19.2 Å². The first kappa shape index (κ1) is 33.2. The minimum Gasteiger partial charge on any atom is -0.508 e. The van der Waals surface area contributed by atoms with Crippen LogP contribution in [0.3, 0.4) is 0 Å². The number of nitrogens with zero attached hydrogens (tertiary/aromatic N) is 1. The summed E-state index contributed by atoms with van der Waals surface area (Å²) >= 11 is 0. The molecule has 4 rings (SSSR count). The van der Waals surface area contributed by atoms with Crippen LogP contribution in [0.1, 0.15) is 54.0 Å². The Hall–Kier alpha value is -4.70. The fourth-order valence-electron chi connectivity index (χ4n) is 5.83. The van der Waals surface area contributed by atoms with Crippen molar-refractivity contribution in [1.82, 2.24) is 15.5 Å². The summed E-state index contributed by atoms with van der Waals surface area (Å²) in [5.74, 6) is -1.13. The lowest BCUT2D eigenvalue weighted by atomic mass is 9.91. The molecule has 1 aliphatic rings. The van der Waals surface area contributed by atoms with E-state index in [9.17, 15) is 24.3 Å². The summed E-state index contributed by atoms with van der Waals surface area (Å²) in [6.45, 7) is 5.86. The number of amides is 4. The number of aryl methyl sites for hydroxylation is 2. The Kier molecular flexibility index (Phi) is 11.3. The highest BCUT2D eigenvalue weighted by molar-refractivity contribution is 5.98. The van der Waals surface area contributed by atoms with Crippen LogP contribution in [0.15, 0.2) is 66.7 Å². The Morgan fingerprint density at radius 3 is 2.27 bits per heavy atom. The average Bonchev–Trinajstić information content (AvgIpc) is 3.01. The highest BCUT2D eigenvalue weighted by atomic mass is 16.3. The SMILES string of the molecule is CC(=O)NCCCCC(NC(=O)C1Cc2ccccc2CN1C(=O)C(N)Cc1c(C)cc(O)cc1C)C(=O)Nc1ccccc1. The number of unbranched alkanes of at least 4 members (excludes halogenated alkanes) is 1. The van der Waals surface area contributed by atoms with Crippen LogP contribution >= 0.6 is 0 Å². The smallest absolute Gasteiger partial charge is 0.246 e. The van der Waals surface area contributed by atoms with Gasteiger partial charge in [0.1, 0.15) is 17.8 Å². The van der Waals surface area contributed by atoms with Crippen molar-refractivity contribution in [2.75, 3.05) is 11.9 Å². The van der Waals surface area contributed by atoms with Crippen molar-refractivity contribution in [3.63, 3.8) is 0 Å². The van der Waals surface area contributed by atoms with Gasteiger partial charge in [-0.1, -0.05) is 42.5 Å². The molecule has 3 aromatic carbocycles. The number of carbonyl (C=O) groups is 4. The van der Waals surface area contributed by atoms with Gasteiger partial charge in [-0.05, 0) is 91.6 Å². The number of nitrogens with one attached hydrogen (secondary N) is 3. The van der Waals surface area contributed by atoms with Crippen molar-refractivity contribution in [3.8, 4) is 5.75 Å². The number of anilines is 1. The van der Waals surface area contributed by atoms with Crippen LogP contribution in [-0.2, 0) is 38.6 Å². The molecule has 0 saturated carbocycles. The summed E-state index contributed by atoms with van der Waals surface area (Å²) in [6, 6.07) is 17.3. The van der Waals surface area contributed by atoms with E-state index in [1.165, 1.54) is 11.8 Å². The summed E-state index contributed by atoms with van der Waals surface area (Å²) in [4.78, 5) is 54.1. The number of phenols is 1. The standard InChI is InChI=1S/C35H43N5O5/c1-22-17-28(42)18-23(2)29(22)20-30(36)35(45)40-21-26-12-8-7-11-25(26)19-32(40)34(44)39-31(15-9-10-16-37-24(3)41)33(43)38-27-13-5-4-6-14-27/h4-8,11-14,17-18,30-32,42H,9-10,15-16,19-21,36H2,1-3H3,(H,37,41)(H,38,43)(H,39,44). The summed E-state index contributed by atoms with van der Waals surface area (Å²) in [6.07, 6.45) is 2.10. The molecule has 0 bridgehead atoms. The average molecular weight is 614 g/mol. The van der Waals surface area contributed by atoms with Crippen LogP contribution in [0.25, 0.3) is 0 Å². The normalized spacial score (nSPS) is 15.4. The summed E-state index contributed by atoms with van der Waals surface area (Å²) in [5.41, 5.74) is 11.6. The molecule has 1 aliphatic heterocycles. The number of hydrogen-bond acceptors (Lipinski definition) is 6. The number of para-hydroxylation sites is 1. The van der Waals surface area contributed by atoms with E-state index in [1.807, 2.05) is 56.3 Å². The monoisotopic (exact) mass is 613 g/mol. The molecule has 0 aromatic heterocycles. The Morgan fingerprint density at radius 1 is 0.956 bits per heavy atom. The summed E-state index contributed by atoms with van der Waals surface area (Å²) < 4.78 is 0. The third-order valence-corrected chi connectivity index (χ3v) is 8.22. The number of aromatic hydroxyl groups is 1. The first-order valence-electron chi connectivity index (χ1n) is 15.4. The quantitative estimate of drug-likeness (QED) is 0.198. The largest absolute Gasteiger partial charge is 0.508 e. The second-order valence-electron chi connectivity index (χ2n) is 11.7. The number of carbonyl (C=O) groups excluding carboxylic acids is 4. The van der Waals surface area contributed by atoms with E-state index in [1.54, 1.807) is 24.3 Å². The maximum absolute atomic E-state index is 14.0. The predicted molar refractivity (Wildman–Crippen MR) is 173 cm³/mol. The predicted octanol–water partition coefficient (Wildman–Crippen LogP) is 3.26. The zero-order chi connectivity index (χ0) is 32.5. The number of phenolic OH excluding ortho intramolecular Hbond substituents is 1. The van der Waals surface area contributed by atoms with E-state index in [-0.39, 0.29) is 42.9 Å². The van der Waals surface area contributed by atoms with Crippen molar-refractivity contribution in [1.29, 1.82) is 0 Å². The van der Waals surface area contributed by atoms with Crippen LogP contribution < -0.4 is 21.7 Å². The van der Waals surface area contributed by atoms with Crippen LogP contribution in [0.4, 0.5) is 5.69 Å². The van der Waals surface area contributed by atoms with Gasteiger partial charge in [-0.25, -0.2) is 0 Å². The van der Waals surface area contributed by atoms with Crippen LogP contribution in [0.5, 0.6) is 5.75 Å². The van der Waals surface area contributed by atoms with Gasteiger partial charge in [0.05, 0.1) is 6.04 Å². The molecular formula is C35H43N5O5. The second kappa shape index (κ2) is 15.3. The third kappa shape index (κ3) is 8.92. The molecule has 0 fully saturated rings. The highest BCUT2D eigenvalue weighted by Crippen LogP contribution is 2.26. The lowest BCUT2D eigenvalue weighted by molar-refractivity contribution is -0.143. The van der Waals surface area contributed by atoms with E-state index >= 15 is 0 Å². The molecule has 4 amide bonds. The van der Waals surface area contributed by atoms with Gasteiger partial charge in [-0.2, -0.15) is 0 Å². The van der Waals surface area contributed by atoms with Crippen molar-refractivity contribution in [3.05, 3.63) is 94.5 Å². The zero-order valence-electron chi connectivity index (χ0n) is 26.1. The van der Waals surface area contributed by atoms with E-state index in [0.29, 0.717) is 31.5 Å². The fourth-order valence-corrected chi connectivity index (χ4v) is 5.83. The number of nitrogens with two attached hydrogens (primary N) is 1. The first-order valence-corrected chi connectivity index (χ1v) is 15.4. The molecule has 0 radical (unpaired) electrons. The third-order valence-electron chi connectivity index (χ3n) is 8.22. The molecule has 3 unspecified atom stereocenters. The van der Waals surface area contributed by atoms with Crippen molar-refractivity contribution in [2.45, 2.75) is 77.5 Å². The van der Waals surface area contributed by atoms with Gasteiger partial charge in [0.15, 0.2) is 0 Å². The van der Waals surface area contributed by atoms with Crippen molar-refractivity contribution >= 4 is 29.3 Å². The Bertz CT molecular complexity index is 1500. The number of benzene rings is 3. The van der Waals surface area contributed by atoms with Gasteiger partial charge in [-0.15, -0.1) is 0 Å². The first-order chi connectivity index (χ1) is 21.5. The number of rotatable bonds is 12. The molecule has 3 atom stereocenters. The van der Waals surface area contributed by atoms with Crippen LogP contribution in [-0.4, -0.2) is 58.3 Å². The molecule has 3 aromatic rings. The van der Waals surface area contributed by atoms with Gasteiger partial charge in [0.2, 0.25) is 23.6 Å². The molecule has 0 spiro atoms. The maximum atomic E-state index is 14.0. The maximum Gasteiger partial charge on any atom is 0.246 e. The molecule has 6 N–H and O–H groups in total. The zero-order valence-corrected chi connectivity index (χ0v) is 26.1. The van der Waals surface area contributed by atoms with E-state index < -0.39 is 24.0 Å². The molecule has 45 heavy (non-hydrogen) atoms. The molecule has 10 nitrogen and oxygen atoms in total. The second-order valence-corrected chi connectivity index (χ2v) is 11.7. The molecule has 238 valence electrons. The van der Waals surface area contributed by atoms with Crippen LogP contribution in [0.2, 0.25) is 0 Å². The number of fused-ring (bicyclic) bond motifs is 1. The molecule has 10 heteroatoms. The lowest BCUT2D eigenvalue weighted by Crippen LogP contribution is -2.58. The van der Waals surface area contributed by atoms with Gasteiger partial charge >= 0.3 is 0 Å². The Labute approximate surface area is 264 Å². The summed E-state index contributed by atoms with van der Waals surface area (Å²) in [7, 11) is 0. The fraction of sp³-hybridized carbons (Fsp3) is 0.371. The van der Waals surface area contributed by atoms with Crippen molar-refractivity contribution in [2.24, 2.45) is 5.73 Å². The highest BCUT2D eigenvalue weighted by Gasteiger charge is 2.38. The molecule has 1 heterocycles. The number of hydrogen-bond donors (Lipinski definition) is 5. The van der Waals surface area contributed by atoms with Gasteiger partial charge in [0, 0.05) is 32.1 Å². The minimum atomic E-state index is -0.918. The minimum absolute atomic E-state index is 0.127. The van der Waals surface area contributed by atoms with E-state index in [0.717, 1.165) is 27.8 Å². The van der Waals surface area contributed by atoms with Gasteiger partial charge < -0.3 is 31.7 Å². The summed E-state index contributed by atoms with van der Waals surface area (Å²) in [5, 5.41) is 18.5. The van der Waals surface area contributed by atoms with Gasteiger partial charge in [0.25, 0.3) is 0 Å². The molecular weight excluding hydrogens is 570 g/mol. The van der Waals surface area contributed by atoms with Crippen molar-refractivity contribution < 1.29 is 24.3 Å². The molecule has 0 saturated heterocycles. The van der Waals surface area contributed by atoms with E-state index in [4.69, 9.17) is 5.73 Å². The lowest BCUT2D eigenvalue weighted by Gasteiger charge is -2.38.